The summed E-state index contributed by atoms with van der Waals surface area (Å²) in [5, 5.41) is 7.43. The van der Waals surface area contributed by atoms with Crippen molar-refractivity contribution in [2.75, 3.05) is 6.54 Å². The van der Waals surface area contributed by atoms with Crippen molar-refractivity contribution in [1.29, 1.82) is 0 Å². The fourth-order valence-corrected chi connectivity index (χ4v) is 3.33. The van der Waals surface area contributed by atoms with Gasteiger partial charge in [0, 0.05) is 23.7 Å². The molecule has 0 saturated heterocycles. The Hall–Kier alpha value is -1.14. The molecule has 2 rings (SSSR count). The van der Waals surface area contributed by atoms with Crippen molar-refractivity contribution in [2.45, 2.75) is 40.7 Å². The van der Waals surface area contributed by atoms with Gasteiger partial charge in [-0.15, -0.1) is 11.3 Å². The minimum absolute atomic E-state index is 0.0192. The van der Waals surface area contributed by atoms with Gasteiger partial charge in [0.2, 0.25) is 0 Å². The first-order valence-corrected chi connectivity index (χ1v) is 8.56. The first kappa shape index (κ1) is 16.2. The Balaban J connectivity index is 1.82. The van der Waals surface area contributed by atoms with Crippen LogP contribution in [0, 0.1) is 27.7 Å². The van der Waals surface area contributed by atoms with Gasteiger partial charge in [0.1, 0.15) is 0 Å². The lowest BCUT2D eigenvalue weighted by molar-refractivity contribution is 0.0956. The second kappa shape index (κ2) is 6.75. The van der Waals surface area contributed by atoms with E-state index in [2.05, 4.69) is 26.3 Å². The average molecular weight is 370 g/mol. The predicted molar refractivity (Wildman–Crippen MR) is 90.1 cm³/mol. The summed E-state index contributed by atoms with van der Waals surface area (Å²) < 4.78 is 3.04. The standard InChI is InChI=1S/C15H20BrN3OS/c1-9-8-13(21-12(9)4)15(20)17-6-5-7-19-11(3)14(16)10(2)18-19/h8H,5-7H2,1-4H3,(H,17,20). The Morgan fingerprint density at radius 1 is 1.38 bits per heavy atom. The zero-order chi connectivity index (χ0) is 15.6. The van der Waals surface area contributed by atoms with Crippen LogP contribution in [0.4, 0.5) is 0 Å². The molecule has 0 aliphatic heterocycles. The van der Waals surface area contributed by atoms with Gasteiger partial charge in [-0.2, -0.15) is 5.10 Å². The lowest BCUT2D eigenvalue weighted by atomic mass is 10.3. The highest BCUT2D eigenvalue weighted by molar-refractivity contribution is 9.10. The summed E-state index contributed by atoms with van der Waals surface area (Å²) in [4.78, 5) is 14.0. The molecule has 0 bridgehead atoms. The number of nitrogens with one attached hydrogen (secondary N) is 1. The predicted octanol–water partition coefficient (Wildman–Crippen LogP) is 3.76. The van der Waals surface area contributed by atoms with E-state index < -0.39 is 0 Å². The van der Waals surface area contributed by atoms with E-state index in [1.165, 1.54) is 10.4 Å². The summed E-state index contributed by atoms with van der Waals surface area (Å²) in [7, 11) is 0. The molecule has 0 radical (unpaired) electrons. The molecule has 0 saturated carbocycles. The number of aromatic nitrogens is 2. The third kappa shape index (κ3) is 3.74. The van der Waals surface area contributed by atoms with Gasteiger partial charge in [0.25, 0.3) is 5.91 Å². The van der Waals surface area contributed by atoms with Crippen LogP contribution in [0.25, 0.3) is 0 Å². The van der Waals surface area contributed by atoms with Crippen LogP contribution in [-0.2, 0) is 6.54 Å². The van der Waals surface area contributed by atoms with Gasteiger partial charge in [0.15, 0.2) is 0 Å². The van der Waals surface area contributed by atoms with E-state index in [1.54, 1.807) is 11.3 Å². The number of hydrogen-bond acceptors (Lipinski definition) is 3. The van der Waals surface area contributed by atoms with E-state index in [0.29, 0.717) is 6.54 Å². The Kier molecular flexibility index (Phi) is 5.22. The lowest BCUT2D eigenvalue weighted by Crippen LogP contribution is -2.24. The maximum absolute atomic E-state index is 12.0. The van der Waals surface area contributed by atoms with Crippen molar-refractivity contribution in [3.8, 4) is 0 Å². The van der Waals surface area contributed by atoms with Crippen LogP contribution < -0.4 is 5.32 Å². The van der Waals surface area contributed by atoms with Crippen molar-refractivity contribution in [1.82, 2.24) is 15.1 Å². The number of hydrogen-bond donors (Lipinski definition) is 1. The maximum Gasteiger partial charge on any atom is 0.261 e. The van der Waals surface area contributed by atoms with E-state index in [-0.39, 0.29) is 5.91 Å². The van der Waals surface area contributed by atoms with E-state index in [0.717, 1.165) is 33.7 Å². The molecule has 2 aromatic rings. The molecule has 0 atom stereocenters. The van der Waals surface area contributed by atoms with Gasteiger partial charge in [-0.3, -0.25) is 9.48 Å². The van der Waals surface area contributed by atoms with Crippen LogP contribution in [0.3, 0.4) is 0 Å². The van der Waals surface area contributed by atoms with Crippen molar-refractivity contribution in [3.63, 3.8) is 0 Å². The molecule has 0 unspecified atom stereocenters. The number of carbonyl (C=O) groups is 1. The summed E-state index contributed by atoms with van der Waals surface area (Å²) >= 11 is 5.07. The zero-order valence-corrected chi connectivity index (χ0v) is 15.2. The van der Waals surface area contributed by atoms with Gasteiger partial charge in [0.05, 0.1) is 15.0 Å². The Morgan fingerprint density at radius 2 is 2.10 bits per heavy atom. The number of rotatable bonds is 5. The zero-order valence-electron chi connectivity index (χ0n) is 12.8. The molecular formula is C15H20BrN3OS. The van der Waals surface area contributed by atoms with E-state index >= 15 is 0 Å². The number of thiophene rings is 1. The topological polar surface area (TPSA) is 46.9 Å². The minimum Gasteiger partial charge on any atom is -0.351 e. The molecule has 4 nitrogen and oxygen atoms in total. The normalized spacial score (nSPS) is 10.9. The molecule has 2 heterocycles. The van der Waals surface area contributed by atoms with Gasteiger partial charge < -0.3 is 5.32 Å². The fraction of sp³-hybridized carbons (Fsp3) is 0.467. The quantitative estimate of drug-likeness (QED) is 0.815. The molecule has 6 heteroatoms. The second-order valence-corrected chi connectivity index (χ2v) is 7.22. The van der Waals surface area contributed by atoms with Gasteiger partial charge in [-0.05, 0) is 61.7 Å². The SMILES string of the molecule is Cc1cc(C(=O)NCCCn2nc(C)c(Br)c2C)sc1C. The smallest absolute Gasteiger partial charge is 0.261 e. The number of aryl methyl sites for hydroxylation is 4. The Bertz CT molecular complexity index is 641. The first-order valence-electron chi connectivity index (χ1n) is 6.95. The highest BCUT2D eigenvalue weighted by Crippen LogP contribution is 2.21. The molecule has 0 spiro atoms. The molecule has 21 heavy (non-hydrogen) atoms. The Morgan fingerprint density at radius 3 is 2.62 bits per heavy atom. The highest BCUT2D eigenvalue weighted by Gasteiger charge is 2.11. The molecule has 0 aliphatic rings. The van der Waals surface area contributed by atoms with Crippen molar-refractivity contribution in [3.05, 3.63) is 37.2 Å². The third-order valence-electron chi connectivity index (χ3n) is 3.52. The van der Waals surface area contributed by atoms with Gasteiger partial charge in [-0.1, -0.05) is 0 Å². The van der Waals surface area contributed by atoms with Gasteiger partial charge in [-0.25, -0.2) is 0 Å². The highest BCUT2D eigenvalue weighted by atomic mass is 79.9. The monoisotopic (exact) mass is 369 g/mol. The Labute approximate surface area is 137 Å². The molecule has 0 fully saturated rings. The van der Waals surface area contributed by atoms with Crippen LogP contribution in [0.2, 0.25) is 0 Å². The van der Waals surface area contributed by atoms with Crippen molar-refractivity contribution >= 4 is 33.2 Å². The molecule has 0 aliphatic carbocycles. The van der Waals surface area contributed by atoms with E-state index in [1.807, 2.05) is 38.4 Å². The summed E-state index contributed by atoms with van der Waals surface area (Å²) in [6.07, 6.45) is 0.865. The van der Waals surface area contributed by atoms with Crippen LogP contribution in [0.5, 0.6) is 0 Å². The summed E-state index contributed by atoms with van der Waals surface area (Å²) in [5.74, 6) is 0.0192. The summed E-state index contributed by atoms with van der Waals surface area (Å²) in [6.45, 7) is 9.56. The van der Waals surface area contributed by atoms with Crippen LogP contribution >= 0.6 is 27.3 Å². The molecule has 0 aromatic carbocycles. The third-order valence-corrected chi connectivity index (χ3v) is 5.81. The van der Waals surface area contributed by atoms with E-state index in [9.17, 15) is 4.79 Å². The first-order chi connectivity index (χ1) is 9.90. The fourth-order valence-electron chi connectivity index (χ4n) is 2.10. The minimum atomic E-state index is 0.0192. The lowest BCUT2D eigenvalue weighted by Gasteiger charge is -2.06. The maximum atomic E-state index is 12.0. The molecular weight excluding hydrogens is 350 g/mol. The molecule has 1 amide bonds. The van der Waals surface area contributed by atoms with Crippen LogP contribution in [0.15, 0.2) is 10.5 Å². The van der Waals surface area contributed by atoms with Gasteiger partial charge >= 0.3 is 0 Å². The average Bonchev–Trinajstić information content (AvgIpc) is 2.90. The number of amides is 1. The summed E-state index contributed by atoms with van der Waals surface area (Å²) in [6, 6.07) is 1.95. The number of carbonyl (C=O) groups excluding carboxylic acids is 1. The van der Waals surface area contributed by atoms with Crippen LogP contribution in [0.1, 0.15) is 37.9 Å². The van der Waals surface area contributed by atoms with Crippen molar-refractivity contribution in [2.24, 2.45) is 0 Å². The molecule has 2 aromatic heterocycles. The number of halogens is 1. The molecule has 1 N–H and O–H groups in total. The second-order valence-electron chi connectivity index (χ2n) is 5.17. The number of nitrogens with zero attached hydrogens (tertiary/aromatic N) is 2. The van der Waals surface area contributed by atoms with Crippen molar-refractivity contribution < 1.29 is 4.79 Å². The van der Waals surface area contributed by atoms with Crippen LogP contribution in [-0.4, -0.2) is 22.2 Å². The summed E-state index contributed by atoms with van der Waals surface area (Å²) in [5.41, 5.74) is 3.31. The largest absolute Gasteiger partial charge is 0.351 e. The molecule has 114 valence electrons. The van der Waals surface area contributed by atoms with E-state index in [4.69, 9.17) is 0 Å².